The van der Waals surface area contributed by atoms with Gasteiger partial charge in [0.15, 0.2) is 5.96 Å². The third-order valence-corrected chi connectivity index (χ3v) is 7.33. The zero-order valence-electron chi connectivity index (χ0n) is 17.3. The van der Waals surface area contributed by atoms with Gasteiger partial charge in [0.25, 0.3) is 0 Å². The molecule has 1 amide bonds. The van der Waals surface area contributed by atoms with Crippen LogP contribution in [0, 0.1) is 5.92 Å². The minimum Gasteiger partial charge on any atom is -0.370 e. The van der Waals surface area contributed by atoms with Crippen molar-refractivity contribution in [1.29, 1.82) is 0 Å². The van der Waals surface area contributed by atoms with E-state index in [9.17, 15) is 4.79 Å². The van der Waals surface area contributed by atoms with E-state index in [1.54, 1.807) is 0 Å². The van der Waals surface area contributed by atoms with Gasteiger partial charge < -0.3 is 16.0 Å². The first-order chi connectivity index (χ1) is 13.1. The Kier molecular flexibility index (Phi) is 10.2. The van der Waals surface area contributed by atoms with Gasteiger partial charge in [-0.15, -0.1) is 24.0 Å². The maximum Gasteiger partial charge on any atom is 0.217 e. The number of piperidine rings is 1. The lowest BCUT2D eigenvalue weighted by Gasteiger charge is -2.43. The van der Waals surface area contributed by atoms with Crippen molar-refractivity contribution in [3.63, 3.8) is 0 Å². The number of nitrogens with two attached hydrogens (primary N) is 1. The summed E-state index contributed by atoms with van der Waals surface area (Å²) in [5, 5.41) is 3.51. The zero-order valence-corrected chi connectivity index (χ0v) is 20.5. The average Bonchev–Trinajstić information content (AvgIpc) is 3.16. The molecule has 0 bridgehead atoms. The molecule has 0 aromatic rings. The Balaban J connectivity index is 0.00000280. The fourth-order valence-electron chi connectivity index (χ4n) is 5.00. The summed E-state index contributed by atoms with van der Waals surface area (Å²) in [6.07, 6.45) is 7.92. The Morgan fingerprint density at radius 1 is 1.21 bits per heavy atom. The standard InChI is InChI=1S/C20H37N5OS.HI/c1-2-22-19(24-9-5-6-17(15-24)14-18(21)26)23-16-20(7-3-4-8-20)25-10-12-27-13-11-25;/h17H,2-16H2,1H3,(H2,21,26)(H,22,23);1H. The van der Waals surface area contributed by atoms with Gasteiger partial charge in [0.1, 0.15) is 0 Å². The lowest BCUT2D eigenvalue weighted by molar-refractivity contribution is -0.119. The van der Waals surface area contributed by atoms with Crippen LogP contribution in [0.25, 0.3) is 0 Å². The highest BCUT2D eigenvalue weighted by Crippen LogP contribution is 2.37. The Bertz CT molecular complexity index is 521. The smallest absolute Gasteiger partial charge is 0.217 e. The summed E-state index contributed by atoms with van der Waals surface area (Å²) >= 11 is 2.08. The molecule has 0 aromatic heterocycles. The van der Waals surface area contributed by atoms with E-state index in [4.69, 9.17) is 10.7 Å². The van der Waals surface area contributed by atoms with Gasteiger partial charge in [-0.2, -0.15) is 11.8 Å². The Labute approximate surface area is 191 Å². The summed E-state index contributed by atoms with van der Waals surface area (Å²) in [7, 11) is 0. The monoisotopic (exact) mass is 523 g/mol. The molecular weight excluding hydrogens is 485 g/mol. The maximum atomic E-state index is 11.3. The molecule has 2 saturated heterocycles. The number of primary amides is 1. The van der Waals surface area contributed by atoms with Crippen LogP contribution >= 0.6 is 35.7 Å². The van der Waals surface area contributed by atoms with Crippen molar-refractivity contribution in [3.05, 3.63) is 0 Å². The molecule has 3 N–H and O–H groups in total. The van der Waals surface area contributed by atoms with Gasteiger partial charge in [0.05, 0.1) is 6.54 Å². The molecule has 1 aliphatic carbocycles. The Morgan fingerprint density at radius 2 is 1.93 bits per heavy atom. The third kappa shape index (κ3) is 6.39. The predicted octanol–water partition coefficient (Wildman–Crippen LogP) is 2.52. The van der Waals surface area contributed by atoms with Crippen molar-refractivity contribution >= 4 is 47.6 Å². The second kappa shape index (κ2) is 11.8. The third-order valence-electron chi connectivity index (χ3n) is 6.38. The van der Waals surface area contributed by atoms with Gasteiger partial charge in [-0.3, -0.25) is 14.7 Å². The molecule has 2 aliphatic heterocycles. The Hall–Kier alpha value is -0.220. The summed E-state index contributed by atoms with van der Waals surface area (Å²) in [4.78, 5) is 21.6. The minimum absolute atomic E-state index is 0. The van der Waals surface area contributed by atoms with E-state index in [-0.39, 0.29) is 35.4 Å². The number of amides is 1. The van der Waals surface area contributed by atoms with Crippen molar-refractivity contribution < 1.29 is 4.79 Å². The molecule has 2 heterocycles. The highest BCUT2D eigenvalue weighted by molar-refractivity contribution is 14.0. The highest BCUT2D eigenvalue weighted by atomic mass is 127. The van der Waals surface area contributed by atoms with E-state index in [0.717, 1.165) is 45.0 Å². The number of likely N-dealkylation sites (tertiary alicyclic amines) is 1. The van der Waals surface area contributed by atoms with Crippen molar-refractivity contribution in [1.82, 2.24) is 15.1 Å². The normalized spacial score (nSPS) is 26.0. The molecule has 1 atom stereocenters. The number of aliphatic imine (C=N–C) groups is 1. The highest BCUT2D eigenvalue weighted by Gasteiger charge is 2.40. The van der Waals surface area contributed by atoms with Crippen molar-refractivity contribution in [2.75, 3.05) is 50.8 Å². The van der Waals surface area contributed by atoms with Crippen molar-refractivity contribution in [2.45, 2.75) is 57.4 Å². The number of hydrogen-bond acceptors (Lipinski definition) is 4. The molecule has 28 heavy (non-hydrogen) atoms. The summed E-state index contributed by atoms with van der Waals surface area (Å²) < 4.78 is 0. The van der Waals surface area contributed by atoms with Crippen LogP contribution in [-0.2, 0) is 4.79 Å². The number of thioether (sulfide) groups is 1. The fourth-order valence-corrected chi connectivity index (χ4v) is 5.90. The molecule has 0 radical (unpaired) electrons. The summed E-state index contributed by atoms with van der Waals surface area (Å²) in [5.74, 6) is 3.72. The fraction of sp³-hybridized carbons (Fsp3) is 0.900. The van der Waals surface area contributed by atoms with Gasteiger partial charge in [0, 0.05) is 56.2 Å². The van der Waals surface area contributed by atoms with Gasteiger partial charge in [-0.25, -0.2) is 0 Å². The molecule has 6 nitrogen and oxygen atoms in total. The van der Waals surface area contributed by atoms with E-state index in [1.807, 2.05) is 0 Å². The van der Waals surface area contributed by atoms with Gasteiger partial charge in [-0.1, -0.05) is 12.8 Å². The van der Waals surface area contributed by atoms with E-state index in [1.165, 1.54) is 50.3 Å². The van der Waals surface area contributed by atoms with Crippen LogP contribution in [0.2, 0.25) is 0 Å². The molecule has 0 aromatic carbocycles. The maximum absolute atomic E-state index is 11.3. The molecule has 1 unspecified atom stereocenters. The first-order valence-electron chi connectivity index (χ1n) is 10.8. The largest absolute Gasteiger partial charge is 0.370 e. The number of carbonyl (C=O) groups is 1. The van der Waals surface area contributed by atoms with Crippen LogP contribution in [-0.4, -0.2) is 78.0 Å². The lowest BCUT2D eigenvalue weighted by Crippen LogP contribution is -2.53. The van der Waals surface area contributed by atoms with Crippen LogP contribution in [0.4, 0.5) is 0 Å². The summed E-state index contributed by atoms with van der Waals surface area (Å²) in [5.41, 5.74) is 5.70. The molecule has 8 heteroatoms. The molecule has 3 aliphatic rings. The molecular formula is C20H38IN5OS. The Morgan fingerprint density at radius 3 is 2.57 bits per heavy atom. The van der Waals surface area contributed by atoms with Crippen LogP contribution in [0.5, 0.6) is 0 Å². The first-order valence-corrected chi connectivity index (χ1v) is 11.9. The molecule has 0 spiro atoms. The number of nitrogens with zero attached hydrogens (tertiary/aromatic N) is 3. The van der Waals surface area contributed by atoms with Gasteiger partial charge >= 0.3 is 0 Å². The molecule has 3 rings (SSSR count). The van der Waals surface area contributed by atoms with Crippen LogP contribution in [0.15, 0.2) is 4.99 Å². The number of nitrogens with one attached hydrogen (secondary N) is 1. The summed E-state index contributed by atoms with van der Waals surface area (Å²) in [6.45, 7) is 8.24. The zero-order chi connectivity index (χ0) is 19.1. The number of hydrogen-bond donors (Lipinski definition) is 2. The molecule has 3 fully saturated rings. The van der Waals surface area contributed by atoms with E-state index in [0.29, 0.717) is 12.3 Å². The number of rotatable bonds is 6. The van der Waals surface area contributed by atoms with E-state index in [2.05, 4.69) is 33.8 Å². The van der Waals surface area contributed by atoms with Crippen LogP contribution in [0.3, 0.4) is 0 Å². The topological polar surface area (TPSA) is 74.0 Å². The SMILES string of the molecule is CCNC(=NCC1(N2CCSCC2)CCCC1)N1CCCC(CC(N)=O)C1.I. The van der Waals surface area contributed by atoms with Gasteiger partial charge in [0.2, 0.25) is 5.91 Å². The average molecular weight is 524 g/mol. The number of guanidine groups is 1. The van der Waals surface area contributed by atoms with Crippen LogP contribution < -0.4 is 11.1 Å². The first kappa shape index (κ1) is 24.1. The van der Waals surface area contributed by atoms with Crippen molar-refractivity contribution in [2.24, 2.45) is 16.6 Å². The second-order valence-corrected chi connectivity index (χ2v) is 9.55. The predicted molar refractivity (Wildman–Crippen MR) is 130 cm³/mol. The van der Waals surface area contributed by atoms with Gasteiger partial charge in [-0.05, 0) is 38.5 Å². The quantitative estimate of drug-likeness (QED) is 0.318. The van der Waals surface area contributed by atoms with Crippen LogP contribution in [0.1, 0.15) is 51.9 Å². The number of carbonyl (C=O) groups excluding carboxylic acids is 1. The molecule has 1 saturated carbocycles. The summed E-state index contributed by atoms with van der Waals surface area (Å²) in [6, 6.07) is 0. The number of halogens is 1. The van der Waals surface area contributed by atoms with E-state index < -0.39 is 0 Å². The second-order valence-electron chi connectivity index (χ2n) is 8.33. The minimum atomic E-state index is -0.184. The van der Waals surface area contributed by atoms with Crippen molar-refractivity contribution in [3.8, 4) is 0 Å². The molecule has 162 valence electrons. The van der Waals surface area contributed by atoms with E-state index >= 15 is 0 Å². The lowest BCUT2D eigenvalue weighted by atomic mass is 9.94.